The molecule has 1 heterocycles. The van der Waals surface area contributed by atoms with E-state index in [1.165, 1.54) is 116 Å². The van der Waals surface area contributed by atoms with Gasteiger partial charge >= 0.3 is 0 Å². The standard InChI is InChI=1S/C44H85NO10/c1-3-5-7-9-11-12-13-14-15-16-17-18-19-20-21-22-23-24-25-26-28-30-32-37(48)43(53)45-35(39(49)36(47)31-29-27-10-8-6-4-2)34-54-44-42(52)41(51)40(50)38(33-46)55-44/h8,10,35-42,44,46-52H,3-7,9,11-34H2,1-2H3,(H,45,53)/b10-8+. The molecule has 0 saturated carbocycles. The van der Waals surface area contributed by atoms with E-state index in [-0.39, 0.29) is 12.8 Å². The van der Waals surface area contributed by atoms with E-state index >= 15 is 0 Å². The van der Waals surface area contributed by atoms with Gasteiger partial charge in [-0.25, -0.2) is 0 Å². The van der Waals surface area contributed by atoms with Gasteiger partial charge in [-0.3, -0.25) is 4.79 Å². The number of aliphatic hydroxyl groups is 7. The van der Waals surface area contributed by atoms with Crippen LogP contribution in [0.2, 0.25) is 0 Å². The fourth-order valence-corrected chi connectivity index (χ4v) is 7.27. The lowest BCUT2D eigenvalue weighted by molar-refractivity contribution is -0.303. The van der Waals surface area contributed by atoms with Gasteiger partial charge in [0, 0.05) is 0 Å². The van der Waals surface area contributed by atoms with Crippen LogP contribution in [0.5, 0.6) is 0 Å². The maximum Gasteiger partial charge on any atom is 0.249 e. The van der Waals surface area contributed by atoms with Gasteiger partial charge in [-0.2, -0.15) is 0 Å². The van der Waals surface area contributed by atoms with Crippen LogP contribution in [-0.4, -0.2) is 110 Å². The van der Waals surface area contributed by atoms with Crippen LogP contribution in [0.1, 0.15) is 194 Å². The summed E-state index contributed by atoms with van der Waals surface area (Å²) in [5.41, 5.74) is 0. The molecule has 1 aliphatic heterocycles. The van der Waals surface area contributed by atoms with Crippen LogP contribution in [0.3, 0.4) is 0 Å². The highest BCUT2D eigenvalue weighted by Crippen LogP contribution is 2.23. The van der Waals surface area contributed by atoms with Crippen molar-refractivity contribution in [2.45, 2.75) is 249 Å². The summed E-state index contributed by atoms with van der Waals surface area (Å²) in [7, 11) is 0. The van der Waals surface area contributed by atoms with Crippen LogP contribution in [-0.2, 0) is 14.3 Å². The molecule has 55 heavy (non-hydrogen) atoms. The quantitative estimate of drug-likeness (QED) is 0.0243. The smallest absolute Gasteiger partial charge is 0.249 e. The Morgan fingerprint density at radius 3 is 1.56 bits per heavy atom. The van der Waals surface area contributed by atoms with Gasteiger partial charge in [-0.1, -0.05) is 174 Å². The SMILES string of the molecule is CCC/C=C/CCCC(O)C(O)C(COC1OC(CO)C(O)C(O)C1O)NC(=O)C(O)CCCCCCCCCCCCCCCCCCCCCCCC. The summed E-state index contributed by atoms with van der Waals surface area (Å²) >= 11 is 0. The molecule has 9 atom stereocenters. The zero-order valence-electron chi connectivity index (χ0n) is 34.9. The molecule has 0 aliphatic carbocycles. The Bertz CT molecular complexity index is 908. The van der Waals surface area contributed by atoms with Gasteiger partial charge in [-0.05, 0) is 32.1 Å². The van der Waals surface area contributed by atoms with Gasteiger partial charge in [0.2, 0.25) is 5.91 Å². The second kappa shape index (κ2) is 34.9. The van der Waals surface area contributed by atoms with Gasteiger partial charge in [0.05, 0.1) is 25.4 Å². The lowest BCUT2D eigenvalue weighted by Crippen LogP contribution is -2.60. The predicted octanol–water partition coefficient (Wildman–Crippen LogP) is 6.89. The molecule has 11 heteroatoms. The summed E-state index contributed by atoms with van der Waals surface area (Å²) in [4.78, 5) is 13.0. The first-order valence-corrected chi connectivity index (χ1v) is 22.6. The lowest BCUT2D eigenvalue weighted by atomic mass is 9.98. The zero-order chi connectivity index (χ0) is 40.5. The van der Waals surface area contributed by atoms with Crippen molar-refractivity contribution in [3.05, 3.63) is 12.2 Å². The Hall–Kier alpha value is -1.15. The molecule has 11 nitrogen and oxygen atoms in total. The summed E-state index contributed by atoms with van der Waals surface area (Å²) in [6, 6.07) is -1.18. The van der Waals surface area contributed by atoms with Crippen molar-refractivity contribution >= 4 is 5.91 Å². The first-order chi connectivity index (χ1) is 26.7. The molecular formula is C44H85NO10. The fourth-order valence-electron chi connectivity index (χ4n) is 7.27. The molecular weight excluding hydrogens is 702 g/mol. The van der Waals surface area contributed by atoms with Crippen molar-refractivity contribution in [3.63, 3.8) is 0 Å². The van der Waals surface area contributed by atoms with E-state index in [0.29, 0.717) is 12.8 Å². The van der Waals surface area contributed by atoms with E-state index < -0.39 is 74.2 Å². The topological polar surface area (TPSA) is 189 Å². The molecule has 0 spiro atoms. The average Bonchev–Trinajstić information content (AvgIpc) is 3.18. The van der Waals surface area contributed by atoms with Crippen LogP contribution >= 0.6 is 0 Å². The average molecular weight is 788 g/mol. The highest BCUT2D eigenvalue weighted by atomic mass is 16.7. The number of aliphatic hydroxyl groups excluding tert-OH is 7. The molecule has 0 radical (unpaired) electrons. The molecule has 0 aromatic rings. The minimum Gasteiger partial charge on any atom is -0.394 e. The Kier molecular flexibility index (Phi) is 32.9. The van der Waals surface area contributed by atoms with Gasteiger partial charge in [0.15, 0.2) is 6.29 Å². The summed E-state index contributed by atoms with van der Waals surface area (Å²) in [6.07, 6.45) is 24.7. The van der Waals surface area contributed by atoms with Crippen LogP contribution < -0.4 is 5.32 Å². The molecule has 1 aliphatic rings. The Labute approximate surface area is 334 Å². The fraction of sp³-hybridized carbons (Fsp3) is 0.932. The highest BCUT2D eigenvalue weighted by Gasteiger charge is 2.44. The number of allylic oxidation sites excluding steroid dienone is 2. The molecule has 1 saturated heterocycles. The molecule has 0 aromatic carbocycles. The van der Waals surface area contributed by atoms with Crippen LogP contribution in [0.25, 0.3) is 0 Å². The normalized spacial score (nSPS) is 22.5. The third-order valence-electron chi connectivity index (χ3n) is 11.0. The number of unbranched alkanes of at least 4 members (excludes halogenated alkanes) is 23. The molecule has 8 N–H and O–H groups in total. The number of rotatable bonds is 37. The van der Waals surface area contributed by atoms with Crippen molar-refractivity contribution in [2.75, 3.05) is 13.2 Å². The first kappa shape index (κ1) is 51.9. The van der Waals surface area contributed by atoms with E-state index in [9.17, 15) is 40.5 Å². The Morgan fingerprint density at radius 1 is 0.618 bits per heavy atom. The first-order valence-electron chi connectivity index (χ1n) is 22.6. The van der Waals surface area contributed by atoms with E-state index in [1.54, 1.807) is 0 Å². The second-order valence-corrected chi connectivity index (χ2v) is 16.1. The predicted molar refractivity (Wildman–Crippen MR) is 219 cm³/mol. The third kappa shape index (κ3) is 25.1. The number of carbonyl (C=O) groups excluding carboxylic acids is 1. The second-order valence-electron chi connectivity index (χ2n) is 16.1. The van der Waals surface area contributed by atoms with E-state index in [2.05, 4.69) is 25.2 Å². The maximum atomic E-state index is 13.0. The minimum atomic E-state index is -1.66. The van der Waals surface area contributed by atoms with Gasteiger partial charge in [0.25, 0.3) is 0 Å². The van der Waals surface area contributed by atoms with Crippen LogP contribution in [0, 0.1) is 0 Å². The maximum absolute atomic E-state index is 13.0. The van der Waals surface area contributed by atoms with Crippen molar-refractivity contribution < 1.29 is 50.0 Å². The molecule has 326 valence electrons. The van der Waals surface area contributed by atoms with Crippen molar-refractivity contribution in [1.29, 1.82) is 0 Å². The van der Waals surface area contributed by atoms with Crippen LogP contribution in [0.4, 0.5) is 0 Å². The van der Waals surface area contributed by atoms with Crippen molar-refractivity contribution in [1.82, 2.24) is 5.32 Å². The number of hydrogen-bond donors (Lipinski definition) is 8. The number of amides is 1. The summed E-state index contributed by atoms with van der Waals surface area (Å²) in [5.74, 6) is -0.709. The van der Waals surface area contributed by atoms with Gasteiger partial charge in [0.1, 0.15) is 36.6 Å². The molecule has 1 rings (SSSR count). The molecule has 0 bridgehead atoms. The molecule has 0 aromatic heterocycles. The lowest BCUT2D eigenvalue weighted by Gasteiger charge is -2.40. The van der Waals surface area contributed by atoms with Gasteiger partial charge in [-0.15, -0.1) is 0 Å². The molecule has 9 unspecified atom stereocenters. The molecule has 1 fully saturated rings. The van der Waals surface area contributed by atoms with Crippen LogP contribution in [0.15, 0.2) is 12.2 Å². The Balaban J connectivity index is 2.29. The highest BCUT2D eigenvalue weighted by molar-refractivity contribution is 5.80. The number of carbonyl (C=O) groups is 1. The third-order valence-corrected chi connectivity index (χ3v) is 11.0. The number of nitrogens with one attached hydrogen (secondary N) is 1. The van der Waals surface area contributed by atoms with Gasteiger partial charge < -0.3 is 50.5 Å². The van der Waals surface area contributed by atoms with Crippen molar-refractivity contribution in [3.8, 4) is 0 Å². The summed E-state index contributed by atoms with van der Waals surface area (Å²) in [5, 5.41) is 75.0. The summed E-state index contributed by atoms with van der Waals surface area (Å²) < 4.78 is 11.0. The monoisotopic (exact) mass is 788 g/mol. The van der Waals surface area contributed by atoms with E-state index in [0.717, 1.165) is 38.5 Å². The number of ether oxygens (including phenoxy) is 2. The van der Waals surface area contributed by atoms with E-state index in [4.69, 9.17) is 9.47 Å². The minimum absolute atomic E-state index is 0.256. The number of hydrogen-bond acceptors (Lipinski definition) is 10. The van der Waals surface area contributed by atoms with Crippen molar-refractivity contribution in [2.24, 2.45) is 0 Å². The molecule has 1 amide bonds. The largest absolute Gasteiger partial charge is 0.394 e. The summed E-state index contributed by atoms with van der Waals surface area (Å²) in [6.45, 7) is 3.29. The Morgan fingerprint density at radius 2 is 1.09 bits per heavy atom. The van der Waals surface area contributed by atoms with E-state index in [1.807, 2.05) is 6.08 Å². The zero-order valence-corrected chi connectivity index (χ0v) is 34.9.